The maximum atomic E-state index is 12.2. The molecule has 0 amide bonds. The van der Waals surface area contributed by atoms with Crippen LogP contribution in [0.2, 0.25) is 0 Å². The van der Waals surface area contributed by atoms with E-state index >= 15 is 0 Å². The van der Waals surface area contributed by atoms with E-state index in [2.05, 4.69) is 5.10 Å². The summed E-state index contributed by atoms with van der Waals surface area (Å²) in [4.78, 5) is 24.4. The van der Waals surface area contributed by atoms with Crippen molar-refractivity contribution in [2.45, 2.75) is 64.5 Å². The predicted octanol–water partition coefficient (Wildman–Crippen LogP) is 1.53. The molecule has 0 N–H and O–H groups in total. The van der Waals surface area contributed by atoms with E-state index in [4.69, 9.17) is 0 Å². The summed E-state index contributed by atoms with van der Waals surface area (Å²) < 4.78 is 3.12. The molecule has 104 valence electrons. The first-order chi connectivity index (χ1) is 9.25. The predicted molar refractivity (Wildman–Crippen MR) is 71.0 cm³/mol. The van der Waals surface area contributed by atoms with Crippen LogP contribution in [0.3, 0.4) is 0 Å². The Morgan fingerprint density at radius 3 is 2.68 bits per heavy atom. The minimum atomic E-state index is -0.0983. The summed E-state index contributed by atoms with van der Waals surface area (Å²) in [5.41, 5.74) is -0.0983. The van der Waals surface area contributed by atoms with Crippen LogP contribution in [0.1, 0.15) is 50.8 Å². The number of carbonyl (C=O) groups is 1. The largest absolute Gasteiger partial charge is 0.346 e. The number of ketones is 1. The normalized spacial score (nSPS) is 20.2. The Kier molecular flexibility index (Phi) is 3.53. The summed E-state index contributed by atoms with van der Waals surface area (Å²) >= 11 is 0. The van der Waals surface area contributed by atoms with Gasteiger partial charge in [-0.25, -0.2) is 9.48 Å². The molecule has 0 saturated heterocycles. The first-order valence-electron chi connectivity index (χ1n) is 7.45. The Balaban J connectivity index is 1.74. The maximum absolute atomic E-state index is 12.2. The minimum absolute atomic E-state index is 0.0983. The molecule has 3 rings (SSSR count). The average Bonchev–Trinajstić information content (AvgIpc) is 2.77. The van der Waals surface area contributed by atoms with Crippen molar-refractivity contribution in [1.82, 2.24) is 14.3 Å². The second-order valence-corrected chi connectivity index (χ2v) is 5.77. The molecule has 1 fully saturated rings. The number of nitrogens with zero attached hydrogens (tertiary/aromatic N) is 3. The lowest BCUT2D eigenvalue weighted by atomic mass is 9.86. The SMILES string of the molecule is O=C(Cn1nc2n(c1=O)CCCC2)C1CCCCC1. The molecule has 0 bridgehead atoms. The molecule has 2 heterocycles. The fourth-order valence-corrected chi connectivity index (χ4v) is 3.25. The first-order valence-corrected chi connectivity index (χ1v) is 7.45. The number of fused-ring (bicyclic) bond motifs is 1. The Morgan fingerprint density at radius 1 is 1.16 bits per heavy atom. The lowest BCUT2D eigenvalue weighted by Gasteiger charge is -2.19. The highest BCUT2D eigenvalue weighted by Crippen LogP contribution is 2.24. The van der Waals surface area contributed by atoms with E-state index in [9.17, 15) is 9.59 Å². The van der Waals surface area contributed by atoms with Gasteiger partial charge in [0.15, 0.2) is 5.78 Å². The molecule has 1 aromatic heterocycles. The van der Waals surface area contributed by atoms with Crippen LogP contribution < -0.4 is 5.69 Å². The van der Waals surface area contributed by atoms with Crippen molar-refractivity contribution in [3.63, 3.8) is 0 Å². The van der Waals surface area contributed by atoms with E-state index in [1.54, 1.807) is 4.57 Å². The van der Waals surface area contributed by atoms with Crippen molar-refractivity contribution in [2.75, 3.05) is 0 Å². The molecule has 0 atom stereocenters. The van der Waals surface area contributed by atoms with Gasteiger partial charge in [0.25, 0.3) is 0 Å². The molecular weight excluding hydrogens is 242 g/mol. The Bertz CT molecular complexity index is 523. The lowest BCUT2D eigenvalue weighted by Crippen LogP contribution is -2.31. The van der Waals surface area contributed by atoms with Gasteiger partial charge in [0, 0.05) is 18.9 Å². The molecule has 1 aliphatic carbocycles. The van der Waals surface area contributed by atoms with Crippen LogP contribution in [0.25, 0.3) is 0 Å². The fourth-order valence-electron chi connectivity index (χ4n) is 3.25. The third kappa shape index (κ3) is 2.51. The minimum Gasteiger partial charge on any atom is -0.297 e. The maximum Gasteiger partial charge on any atom is 0.346 e. The van der Waals surface area contributed by atoms with E-state index in [1.165, 1.54) is 11.1 Å². The third-order valence-corrected chi connectivity index (χ3v) is 4.40. The Morgan fingerprint density at radius 2 is 1.95 bits per heavy atom. The second-order valence-electron chi connectivity index (χ2n) is 5.77. The van der Waals surface area contributed by atoms with Crippen LogP contribution in [-0.4, -0.2) is 20.1 Å². The Hall–Kier alpha value is -1.39. The molecule has 2 aliphatic rings. The van der Waals surface area contributed by atoms with E-state index in [0.717, 1.165) is 57.3 Å². The van der Waals surface area contributed by atoms with Crippen molar-refractivity contribution in [2.24, 2.45) is 5.92 Å². The highest BCUT2D eigenvalue weighted by Gasteiger charge is 2.24. The molecule has 0 radical (unpaired) electrons. The van der Waals surface area contributed by atoms with Gasteiger partial charge in [0.05, 0.1) is 0 Å². The monoisotopic (exact) mass is 263 g/mol. The van der Waals surface area contributed by atoms with Crippen LogP contribution in [-0.2, 0) is 24.3 Å². The van der Waals surface area contributed by atoms with Gasteiger partial charge in [-0.1, -0.05) is 19.3 Å². The summed E-state index contributed by atoms with van der Waals surface area (Å²) in [5, 5.41) is 4.33. The van der Waals surface area contributed by atoms with Gasteiger partial charge in [0.2, 0.25) is 0 Å². The molecule has 0 spiro atoms. The molecule has 5 heteroatoms. The number of aryl methyl sites for hydroxylation is 1. The molecule has 0 unspecified atom stereocenters. The molecular formula is C14H21N3O2. The van der Waals surface area contributed by atoms with Crippen LogP contribution in [0, 0.1) is 5.92 Å². The van der Waals surface area contributed by atoms with Crippen molar-refractivity contribution < 1.29 is 4.79 Å². The summed E-state index contributed by atoms with van der Waals surface area (Å²) in [6, 6.07) is 0. The lowest BCUT2D eigenvalue weighted by molar-refractivity contribution is -0.124. The van der Waals surface area contributed by atoms with Gasteiger partial charge >= 0.3 is 5.69 Å². The van der Waals surface area contributed by atoms with Gasteiger partial charge in [-0.3, -0.25) is 9.36 Å². The van der Waals surface area contributed by atoms with Crippen LogP contribution in [0.5, 0.6) is 0 Å². The van der Waals surface area contributed by atoms with Crippen molar-refractivity contribution in [1.29, 1.82) is 0 Å². The molecule has 1 aliphatic heterocycles. The number of hydrogen-bond donors (Lipinski definition) is 0. The topological polar surface area (TPSA) is 56.9 Å². The molecule has 5 nitrogen and oxygen atoms in total. The van der Waals surface area contributed by atoms with E-state index < -0.39 is 0 Å². The zero-order valence-corrected chi connectivity index (χ0v) is 11.3. The van der Waals surface area contributed by atoms with Gasteiger partial charge in [-0.2, -0.15) is 5.10 Å². The van der Waals surface area contributed by atoms with Gasteiger partial charge in [-0.15, -0.1) is 0 Å². The average molecular weight is 263 g/mol. The summed E-state index contributed by atoms with van der Waals surface area (Å²) in [5.74, 6) is 1.20. The van der Waals surface area contributed by atoms with Gasteiger partial charge < -0.3 is 0 Å². The quantitative estimate of drug-likeness (QED) is 0.831. The second kappa shape index (κ2) is 5.31. The van der Waals surface area contributed by atoms with Crippen LogP contribution in [0.15, 0.2) is 4.79 Å². The van der Waals surface area contributed by atoms with Crippen molar-refractivity contribution >= 4 is 5.78 Å². The van der Waals surface area contributed by atoms with Crippen molar-refractivity contribution in [3.8, 4) is 0 Å². The summed E-state index contributed by atoms with van der Waals surface area (Å²) in [7, 11) is 0. The zero-order chi connectivity index (χ0) is 13.2. The summed E-state index contributed by atoms with van der Waals surface area (Å²) in [6.45, 7) is 0.926. The smallest absolute Gasteiger partial charge is 0.297 e. The van der Waals surface area contributed by atoms with Gasteiger partial charge in [-0.05, 0) is 25.7 Å². The third-order valence-electron chi connectivity index (χ3n) is 4.40. The number of aromatic nitrogens is 3. The Labute approximate surface area is 112 Å². The first kappa shape index (κ1) is 12.6. The van der Waals surface area contributed by atoms with Crippen LogP contribution in [0.4, 0.5) is 0 Å². The number of rotatable bonds is 3. The fraction of sp³-hybridized carbons (Fsp3) is 0.786. The van der Waals surface area contributed by atoms with E-state index in [0.29, 0.717) is 0 Å². The number of hydrogen-bond acceptors (Lipinski definition) is 3. The summed E-state index contributed by atoms with van der Waals surface area (Å²) in [6.07, 6.45) is 8.49. The number of Topliss-reactive ketones (excluding diaryl/α,β-unsaturated/α-hetero) is 1. The number of carbonyl (C=O) groups excluding carboxylic acids is 1. The highest BCUT2D eigenvalue weighted by molar-refractivity contribution is 5.80. The van der Waals surface area contributed by atoms with Gasteiger partial charge in [0.1, 0.15) is 12.4 Å². The van der Waals surface area contributed by atoms with Crippen LogP contribution >= 0.6 is 0 Å². The standard InChI is InChI=1S/C14H21N3O2/c18-12(11-6-2-1-3-7-11)10-17-14(19)16-9-5-4-8-13(16)15-17/h11H,1-10H2. The van der Waals surface area contributed by atoms with E-state index in [-0.39, 0.29) is 23.9 Å². The molecule has 1 saturated carbocycles. The highest BCUT2D eigenvalue weighted by atomic mass is 16.2. The van der Waals surface area contributed by atoms with E-state index in [1.807, 2.05) is 0 Å². The molecule has 19 heavy (non-hydrogen) atoms. The molecule has 0 aromatic carbocycles. The molecule has 1 aromatic rings. The zero-order valence-electron chi connectivity index (χ0n) is 11.3. The van der Waals surface area contributed by atoms with Crippen molar-refractivity contribution in [3.05, 3.63) is 16.3 Å².